The largest absolute Gasteiger partial charge is 0.348 e. The first kappa shape index (κ1) is 18.0. The number of rotatable bonds is 5. The van der Waals surface area contributed by atoms with Crippen molar-refractivity contribution >= 4 is 22.6 Å². The summed E-state index contributed by atoms with van der Waals surface area (Å²) in [6, 6.07) is 17.0. The molecule has 0 aliphatic carbocycles. The van der Waals surface area contributed by atoms with Crippen molar-refractivity contribution in [1.29, 1.82) is 0 Å². The summed E-state index contributed by atoms with van der Waals surface area (Å²) in [5, 5.41) is 3.44. The van der Waals surface area contributed by atoms with Crippen molar-refractivity contribution in [3.63, 3.8) is 0 Å². The Labute approximate surface area is 162 Å². The molecule has 6 nitrogen and oxygen atoms in total. The second kappa shape index (κ2) is 7.31. The van der Waals surface area contributed by atoms with Gasteiger partial charge in [-0.05, 0) is 37.1 Å². The molecule has 0 unspecified atom stereocenters. The van der Waals surface area contributed by atoms with E-state index in [4.69, 9.17) is 0 Å². The van der Waals surface area contributed by atoms with Crippen LogP contribution in [-0.4, -0.2) is 25.9 Å². The van der Waals surface area contributed by atoms with Crippen LogP contribution >= 0.6 is 0 Å². The number of hydrogen-bond donors (Lipinski definition) is 1. The summed E-state index contributed by atoms with van der Waals surface area (Å²) in [4.78, 5) is 30.6. The molecule has 0 aliphatic rings. The Bertz CT molecular complexity index is 1210. The lowest BCUT2D eigenvalue weighted by atomic mass is 10.2. The number of nitrogens with zero attached hydrogens (tertiary/aromatic N) is 3. The van der Waals surface area contributed by atoms with E-state index >= 15 is 0 Å². The Morgan fingerprint density at radius 2 is 1.89 bits per heavy atom. The van der Waals surface area contributed by atoms with Gasteiger partial charge < -0.3 is 9.88 Å². The minimum Gasteiger partial charge on any atom is -0.348 e. The van der Waals surface area contributed by atoms with Gasteiger partial charge in [0.2, 0.25) is 0 Å². The van der Waals surface area contributed by atoms with Crippen LogP contribution < -0.4 is 10.9 Å². The molecule has 1 aromatic carbocycles. The van der Waals surface area contributed by atoms with Gasteiger partial charge in [-0.15, -0.1) is 0 Å². The zero-order valence-corrected chi connectivity index (χ0v) is 15.9. The van der Waals surface area contributed by atoms with Crippen LogP contribution in [0.4, 0.5) is 0 Å². The van der Waals surface area contributed by atoms with Gasteiger partial charge >= 0.3 is 0 Å². The molecule has 3 heterocycles. The Morgan fingerprint density at radius 1 is 1.14 bits per heavy atom. The van der Waals surface area contributed by atoms with E-state index in [0.717, 1.165) is 12.0 Å². The smallest absolute Gasteiger partial charge is 0.268 e. The maximum absolute atomic E-state index is 13.0. The predicted octanol–water partition coefficient (Wildman–Crippen LogP) is 3.23. The molecule has 0 radical (unpaired) electrons. The summed E-state index contributed by atoms with van der Waals surface area (Å²) < 4.78 is 3.34. The highest BCUT2D eigenvalue weighted by Crippen LogP contribution is 2.19. The average molecular weight is 374 g/mol. The van der Waals surface area contributed by atoms with Crippen LogP contribution in [0.3, 0.4) is 0 Å². The third-order valence-electron chi connectivity index (χ3n) is 4.98. The van der Waals surface area contributed by atoms with E-state index in [1.54, 1.807) is 24.4 Å². The van der Waals surface area contributed by atoms with Gasteiger partial charge in [-0.2, -0.15) is 0 Å². The van der Waals surface area contributed by atoms with Crippen molar-refractivity contribution in [2.45, 2.75) is 32.9 Å². The summed E-state index contributed by atoms with van der Waals surface area (Å²) in [6.45, 7) is 4.44. The van der Waals surface area contributed by atoms with Gasteiger partial charge in [-0.3, -0.25) is 14.0 Å². The fourth-order valence-corrected chi connectivity index (χ4v) is 3.27. The van der Waals surface area contributed by atoms with Crippen molar-refractivity contribution in [2.75, 3.05) is 0 Å². The number of fused-ring (bicyclic) bond motifs is 2. The number of amides is 1. The SMILES string of the molecule is CC[C@@H](C)NC(=O)c1cc2c(=O)n3ccccc3nc2n1Cc1ccccc1. The van der Waals surface area contributed by atoms with E-state index < -0.39 is 0 Å². The highest BCUT2D eigenvalue weighted by molar-refractivity contribution is 5.98. The van der Waals surface area contributed by atoms with E-state index in [9.17, 15) is 9.59 Å². The van der Waals surface area contributed by atoms with Crippen LogP contribution in [0, 0.1) is 0 Å². The lowest BCUT2D eigenvalue weighted by Crippen LogP contribution is -2.33. The number of carbonyl (C=O) groups is 1. The summed E-state index contributed by atoms with van der Waals surface area (Å²) >= 11 is 0. The van der Waals surface area contributed by atoms with Crippen LogP contribution in [0.1, 0.15) is 36.3 Å². The van der Waals surface area contributed by atoms with Gasteiger partial charge in [0.1, 0.15) is 17.0 Å². The lowest BCUT2D eigenvalue weighted by molar-refractivity contribution is 0.0930. The molecule has 3 aromatic heterocycles. The minimum atomic E-state index is -0.197. The molecule has 1 N–H and O–H groups in total. The van der Waals surface area contributed by atoms with Crippen LogP contribution in [0.15, 0.2) is 65.6 Å². The van der Waals surface area contributed by atoms with E-state index in [1.165, 1.54) is 4.40 Å². The Morgan fingerprint density at radius 3 is 2.64 bits per heavy atom. The standard InChI is InChI=1S/C22H22N4O2/c1-3-15(2)23-21(27)18-13-17-20(26(18)14-16-9-5-4-6-10-16)24-19-11-7-8-12-25(19)22(17)28/h4-13,15H,3,14H2,1-2H3,(H,23,27)/t15-/m1/s1. The molecule has 4 aromatic rings. The summed E-state index contributed by atoms with van der Waals surface area (Å²) in [5.41, 5.74) is 2.38. The van der Waals surface area contributed by atoms with Gasteiger partial charge in [0.25, 0.3) is 11.5 Å². The first-order valence-corrected chi connectivity index (χ1v) is 9.44. The van der Waals surface area contributed by atoms with E-state index in [0.29, 0.717) is 28.9 Å². The van der Waals surface area contributed by atoms with E-state index in [1.807, 2.05) is 54.8 Å². The van der Waals surface area contributed by atoms with Crippen molar-refractivity contribution < 1.29 is 4.79 Å². The lowest BCUT2D eigenvalue weighted by Gasteiger charge is -2.14. The van der Waals surface area contributed by atoms with Gasteiger partial charge in [0.05, 0.1) is 5.39 Å². The first-order valence-electron chi connectivity index (χ1n) is 9.44. The number of pyridine rings is 1. The van der Waals surface area contributed by atoms with Crippen molar-refractivity contribution in [3.8, 4) is 0 Å². The molecular weight excluding hydrogens is 352 g/mol. The molecule has 0 aliphatic heterocycles. The number of hydrogen-bond acceptors (Lipinski definition) is 3. The maximum atomic E-state index is 13.0. The van der Waals surface area contributed by atoms with Gasteiger partial charge in [0, 0.05) is 18.8 Å². The third-order valence-corrected chi connectivity index (χ3v) is 4.98. The Balaban J connectivity index is 1.94. The zero-order chi connectivity index (χ0) is 19.7. The monoisotopic (exact) mass is 374 g/mol. The number of nitrogens with one attached hydrogen (secondary N) is 1. The van der Waals surface area contributed by atoms with Crippen molar-refractivity contribution in [2.24, 2.45) is 0 Å². The molecule has 28 heavy (non-hydrogen) atoms. The molecule has 1 amide bonds. The zero-order valence-electron chi connectivity index (χ0n) is 15.9. The topological polar surface area (TPSA) is 68.4 Å². The van der Waals surface area contributed by atoms with Crippen LogP contribution in [0.5, 0.6) is 0 Å². The number of aromatic nitrogens is 3. The highest BCUT2D eigenvalue weighted by Gasteiger charge is 2.20. The molecule has 6 heteroatoms. The second-order valence-corrected chi connectivity index (χ2v) is 6.97. The first-order chi connectivity index (χ1) is 13.6. The molecule has 142 valence electrons. The second-order valence-electron chi connectivity index (χ2n) is 6.97. The summed E-state index contributed by atoms with van der Waals surface area (Å²) in [5.74, 6) is -0.197. The third kappa shape index (κ3) is 3.17. The van der Waals surface area contributed by atoms with E-state index in [-0.39, 0.29) is 17.5 Å². The fraction of sp³-hybridized carbons (Fsp3) is 0.227. The minimum absolute atomic E-state index is 0.0452. The van der Waals surface area contributed by atoms with Crippen LogP contribution in [-0.2, 0) is 6.54 Å². The van der Waals surface area contributed by atoms with Crippen molar-refractivity contribution in [1.82, 2.24) is 19.3 Å². The Hall–Kier alpha value is -3.41. The molecule has 0 fully saturated rings. The van der Waals surface area contributed by atoms with Gasteiger partial charge in [-0.1, -0.05) is 43.3 Å². The van der Waals surface area contributed by atoms with Gasteiger partial charge in [0.15, 0.2) is 0 Å². The van der Waals surface area contributed by atoms with E-state index in [2.05, 4.69) is 10.3 Å². The van der Waals surface area contributed by atoms with Crippen LogP contribution in [0.2, 0.25) is 0 Å². The fourth-order valence-electron chi connectivity index (χ4n) is 3.27. The molecule has 1 atom stereocenters. The Kier molecular flexibility index (Phi) is 4.69. The molecule has 0 saturated carbocycles. The molecule has 4 rings (SSSR count). The molecule has 0 spiro atoms. The summed E-state index contributed by atoms with van der Waals surface area (Å²) in [7, 11) is 0. The van der Waals surface area contributed by atoms with Crippen molar-refractivity contribution in [3.05, 3.63) is 82.4 Å². The number of carbonyl (C=O) groups excluding carboxylic acids is 1. The maximum Gasteiger partial charge on any atom is 0.268 e. The molecular formula is C22H22N4O2. The average Bonchev–Trinajstić information content (AvgIpc) is 3.07. The van der Waals surface area contributed by atoms with Crippen LogP contribution in [0.25, 0.3) is 16.7 Å². The predicted molar refractivity (Wildman–Crippen MR) is 110 cm³/mol. The number of benzene rings is 1. The highest BCUT2D eigenvalue weighted by atomic mass is 16.2. The van der Waals surface area contributed by atoms with Gasteiger partial charge in [-0.25, -0.2) is 4.98 Å². The quantitative estimate of drug-likeness (QED) is 0.583. The molecule has 0 saturated heterocycles. The summed E-state index contributed by atoms with van der Waals surface area (Å²) in [6.07, 6.45) is 2.52. The normalized spacial score (nSPS) is 12.4. The molecule has 0 bridgehead atoms.